The van der Waals surface area contributed by atoms with E-state index in [2.05, 4.69) is 31.4 Å². The first kappa shape index (κ1) is 17.1. The number of nitrogens with zero attached hydrogens (tertiary/aromatic N) is 4. The van der Waals surface area contributed by atoms with E-state index in [-0.39, 0.29) is 0 Å². The summed E-state index contributed by atoms with van der Waals surface area (Å²) in [5.41, 5.74) is 2.09. The lowest BCUT2D eigenvalue weighted by Crippen LogP contribution is -2.46. The van der Waals surface area contributed by atoms with Gasteiger partial charge in [0.05, 0.1) is 0 Å². The molecule has 0 bridgehead atoms. The van der Waals surface area contributed by atoms with E-state index in [0.717, 1.165) is 31.7 Å². The molecule has 0 radical (unpaired) electrons. The number of piperazine rings is 1. The van der Waals surface area contributed by atoms with Gasteiger partial charge in [-0.3, -0.25) is 9.88 Å². The Morgan fingerprint density at radius 1 is 1.27 bits per heavy atom. The highest BCUT2D eigenvalue weighted by Crippen LogP contribution is 2.23. The van der Waals surface area contributed by atoms with E-state index in [1.165, 1.54) is 5.56 Å². The van der Waals surface area contributed by atoms with Gasteiger partial charge in [0.2, 0.25) is 11.7 Å². The molecule has 0 spiro atoms. The number of hydrogen-bond donors (Lipinski definition) is 1. The first-order valence-electron chi connectivity index (χ1n) is 8.73. The Balaban J connectivity index is 1.43. The lowest BCUT2D eigenvalue weighted by atomic mass is 10.1. The van der Waals surface area contributed by atoms with Gasteiger partial charge in [0, 0.05) is 61.6 Å². The van der Waals surface area contributed by atoms with E-state index < -0.39 is 0 Å². The number of rotatable bonds is 5. The summed E-state index contributed by atoms with van der Waals surface area (Å²) >= 11 is 6.03. The first-order chi connectivity index (χ1) is 12.8. The molecule has 0 aliphatic carbocycles. The molecular formula is C19H20ClN5O. The van der Waals surface area contributed by atoms with Crippen LogP contribution < -0.4 is 5.32 Å². The van der Waals surface area contributed by atoms with Crippen LogP contribution in [0.15, 0.2) is 53.3 Å². The number of benzene rings is 1. The van der Waals surface area contributed by atoms with Gasteiger partial charge < -0.3 is 9.84 Å². The third-order valence-electron chi connectivity index (χ3n) is 4.59. The van der Waals surface area contributed by atoms with Crippen molar-refractivity contribution in [3.8, 4) is 11.4 Å². The van der Waals surface area contributed by atoms with Crippen molar-refractivity contribution in [3.63, 3.8) is 0 Å². The van der Waals surface area contributed by atoms with Gasteiger partial charge in [-0.2, -0.15) is 4.98 Å². The van der Waals surface area contributed by atoms with Crippen LogP contribution in [0.2, 0.25) is 5.02 Å². The summed E-state index contributed by atoms with van der Waals surface area (Å²) in [6.07, 6.45) is 4.46. The molecule has 1 aromatic carbocycles. The minimum Gasteiger partial charge on any atom is -0.339 e. The van der Waals surface area contributed by atoms with Crippen molar-refractivity contribution in [3.05, 3.63) is 65.3 Å². The largest absolute Gasteiger partial charge is 0.339 e. The third-order valence-corrected chi connectivity index (χ3v) is 4.82. The van der Waals surface area contributed by atoms with Crippen LogP contribution in [-0.4, -0.2) is 46.2 Å². The molecule has 134 valence electrons. The second-order valence-corrected chi connectivity index (χ2v) is 6.75. The topological polar surface area (TPSA) is 67.1 Å². The molecule has 1 unspecified atom stereocenters. The fourth-order valence-corrected chi connectivity index (χ4v) is 3.45. The number of nitrogens with one attached hydrogen (secondary N) is 1. The Kier molecular flexibility index (Phi) is 5.24. The average Bonchev–Trinajstić information content (AvgIpc) is 3.16. The molecule has 26 heavy (non-hydrogen) atoms. The highest BCUT2D eigenvalue weighted by Gasteiger charge is 2.24. The fourth-order valence-electron chi connectivity index (χ4n) is 3.26. The number of halogens is 1. The van der Waals surface area contributed by atoms with Gasteiger partial charge in [0.15, 0.2) is 0 Å². The zero-order valence-corrected chi connectivity index (χ0v) is 15.1. The van der Waals surface area contributed by atoms with Crippen molar-refractivity contribution >= 4 is 11.6 Å². The predicted molar refractivity (Wildman–Crippen MR) is 99.9 cm³/mol. The van der Waals surface area contributed by atoms with Gasteiger partial charge >= 0.3 is 0 Å². The van der Waals surface area contributed by atoms with Crippen molar-refractivity contribution < 1.29 is 4.52 Å². The Morgan fingerprint density at radius 2 is 2.23 bits per heavy atom. The third kappa shape index (κ3) is 3.93. The standard InChI is InChI=1S/C19H20ClN5O/c20-16-5-1-3-14(11-16)19-23-18(26-24-19)6-9-25-10-8-22-13-17(25)15-4-2-7-21-12-15/h1-5,7,11-12,17,22H,6,8-10,13H2. The van der Waals surface area contributed by atoms with Gasteiger partial charge in [-0.1, -0.05) is 35.0 Å². The molecule has 1 N–H and O–H groups in total. The van der Waals surface area contributed by atoms with E-state index in [0.29, 0.717) is 29.2 Å². The summed E-state index contributed by atoms with van der Waals surface area (Å²) in [5, 5.41) is 8.20. The van der Waals surface area contributed by atoms with Crippen molar-refractivity contribution in [2.75, 3.05) is 26.2 Å². The van der Waals surface area contributed by atoms with Crippen LogP contribution >= 0.6 is 11.6 Å². The van der Waals surface area contributed by atoms with Gasteiger partial charge in [0.25, 0.3) is 0 Å². The highest BCUT2D eigenvalue weighted by molar-refractivity contribution is 6.30. The van der Waals surface area contributed by atoms with Crippen LogP contribution in [0.25, 0.3) is 11.4 Å². The lowest BCUT2D eigenvalue weighted by molar-refractivity contribution is 0.159. The van der Waals surface area contributed by atoms with Crippen molar-refractivity contribution in [2.45, 2.75) is 12.5 Å². The van der Waals surface area contributed by atoms with Crippen LogP contribution in [0, 0.1) is 0 Å². The van der Waals surface area contributed by atoms with Crippen LogP contribution in [0.5, 0.6) is 0 Å². The van der Waals surface area contributed by atoms with Crippen LogP contribution in [0.3, 0.4) is 0 Å². The zero-order valence-electron chi connectivity index (χ0n) is 14.3. The first-order valence-corrected chi connectivity index (χ1v) is 9.10. The molecule has 4 rings (SSSR count). The van der Waals surface area contributed by atoms with E-state index in [1.54, 1.807) is 6.20 Å². The molecular weight excluding hydrogens is 350 g/mol. The summed E-state index contributed by atoms with van der Waals surface area (Å²) < 4.78 is 5.43. The second kappa shape index (κ2) is 7.95. The van der Waals surface area contributed by atoms with Crippen LogP contribution in [0.1, 0.15) is 17.5 Å². The Bertz CT molecular complexity index is 854. The number of aromatic nitrogens is 3. The van der Waals surface area contributed by atoms with Crippen molar-refractivity contribution in [1.82, 2.24) is 25.3 Å². The summed E-state index contributed by atoms with van der Waals surface area (Å²) in [4.78, 5) is 11.2. The average molecular weight is 370 g/mol. The molecule has 0 amide bonds. The monoisotopic (exact) mass is 369 g/mol. The van der Waals surface area contributed by atoms with E-state index >= 15 is 0 Å². The molecule has 1 aliphatic rings. The lowest BCUT2D eigenvalue weighted by Gasteiger charge is -2.36. The molecule has 0 saturated carbocycles. The summed E-state index contributed by atoms with van der Waals surface area (Å²) in [7, 11) is 0. The van der Waals surface area contributed by atoms with E-state index in [4.69, 9.17) is 16.1 Å². The number of hydrogen-bond acceptors (Lipinski definition) is 6. The van der Waals surface area contributed by atoms with Gasteiger partial charge in [-0.15, -0.1) is 0 Å². The molecule has 1 aliphatic heterocycles. The summed E-state index contributed by atoms with van der Waals surface area (Å²) in [5.74, 6) is 1.22. The van der Waals surface area contributed by atoms with Crippen molar-refractivity contribution in [2.24, 2.45) is 0 Å². The maximum atomic E-state index is 6.03. The van der Waals surface area contributed by atoms with Crippen molar-refractivity contribution in [1.29, 1.82) is 0 Å². The Labute approximate surface area is 157 Å². The molecule has 6 nitrogen and oxygen atoms in total. The SMILES string of the molecule is Clc1cccc(-c2noc(CCN3CCNCC3c3cccnc3)n2)c1. The minimum atomic E-state index is 0.313. The van der Waals surface area contributed by atoms with E-state index in [1.807, 2.05) is 36.5 Å². The maximum absolute atomic E-state index is 6.03. The molecule has 3 aromatic rings. The number of pyridine rings is 1. The summed E-state index contributed by atoms with van der Waals surface area (Å²) in [6.45, 7) is 3.74. The molecule has 2 aromatic heterocycles. The smallest absolute Gasteiger partial charge is 0.228 e. The maximum Gasteiger partial charge on any atom is 0.228 e. The molecule has 7 heteroatoms. The zero-order chi connectivity index (χ0) is 17.8. The quantitative estimate of drug-likeness (QED) is 0.745. The van der Waals surface area contributed by atoms with Gasteiger partial charge in [0.1, 0.15) is 0 Å². The molecule has 1 saturated heterocycles. The Hall–Kier alpha value is -2.28. The second-order valence-electron chi connectivity index (χ2n) is 6.31. The van der Waals surface area contributed by atoms with E-state index in [9.17, 15) is 0 Å². The Morgan fingerprint density at radius 3 is 3.08 bits per heavy atom. The molecule has 1 fully saturated rings. The fraction of sp³-hybridized carbons (Fsp3) is 0.316. The summed E-state index contributed by atoms with van der Waals surface area (Å²) in [6, 6.07) is 11.9. The molecule has 1 atom stereocenters. The van der Waals surface area contributed by atoms with Gasteiger partial charge in [-0.05, 0) is 23.8 Å². The van der Waals surface area contributed by atoms with Crippen LogP contribution in [0.4, 0.5) is 0 Å². The molecule has 3 heterocycles. The minimum absolute atomic E-state index is 0.313. The van der Waals surface area contributed by atoms with Gasteiger partial charge in [-0.25, -0.2) is 0 Å². The van der Waals surface area contributed by atoms with Crippen LogP contribution in [-0.2, 0) is 6.42 Å². The highest BCUT2D eigenvalue weighted by atomic mass is 35.5. The normalized spacial score (nSPS) is 18.1. The predicted octanol–water partition coefficient (Wildman–Crippen LogP) is 2.97.